The third-order valence-electron chi connectivity index (χ3n) is 5.36. The Labute approximate surface area is 191 Å². The zero-order valence-electron chi connectivity index (χ0n) is 18.3. The van der Waals surface area contributed by atoms with Gasteiger partial charge in [0.05, 0.1) is 12.2 Å². The number of hydrogen-bond donors (Lipinski definition) is 0. The smallest absolute Gasteiger partial charge is 0.137 e. The Morgan fingerprint density at radius 3 is 2.06 bits per heavy atom. The van der Waals surface area contributed by atoms with E-state index >= 15 is 0 Å². The first-order chi connectivity index (χ1) is 16.0. The molecule has 0 N–H and O–H groups in total. The van der Waals surface area contributed by atoms with Gasteiger partial charge in [0.1, 0.15) is 23.2 Å². The van der Waals surface area contributed by atoms with E-state index in [9.17, 15) is 13.2 Å². The van der Waals surface area contributed by atoms with Crippen LogP contribution < -0.4 is 4.74 Å². The summed E-state index contributed by atoms with van der Waals surface area (Å²) in [5.74, 6) is 4.74. The Morgan fingerprint density at radius 1 is 0.697 bits per heavy atom. The van der Waals surface area contributed by atoms with E-state index in [0.717, 1.165) is 41.2 Å². The molecule has 0 aliphatic carbocycles. The van der Waals surface area contributed by atoms with Crippen molar-refractivity contribution in [2.45, 2.75) is 26.2 Å². The van der Waals surface area contributed by atoms with Crippen molar-refractivity contribution in [2.75, 3.05) is 6.61 Å². The van der Waals surface area contributed by atoms with Gasteiger partial charge in [-0.15, -0.1) is 0 Å². The molecule has 0 aliphatic rings. The summed E-state index contributed by atoms with van der Waals surface area (Å²) in [5, 5.41) is 1.72. The van der Waals surface area contributed by atoms with Gasteiger partial charge in [-0.25, -0.2) is 13.2 Å². The van der Waals surface area contributed by atoms with Crippen LogP contribution in [0.1, 0.15) is 37.3 Å². The Bertz CT molecular complexity index is 1310. The van der Waals surface area contributed by atoms with Gasteiger partial charge in [0.25, 0.3) is 0 Å². The molecule has 0 heterocycles. The van der Waals surface area contributed by atoms with E-state index in [4.69, 9.17) is 4.74 Å². The topological polar surface area (TPSA) is 9.23 Å². The van der Waals surface area contributed by atoms with Crippen molar-refractivity contribution in [3.63, 3.8) is 0 Å². The van der Waals surface area contributed by atoms with Crippen molar-refractivity contribution < 1.29 is 17.9 Å². The second kappa shape index (κ2) is 10.3. The molecule has 0 spiro atoms. The van der Waals surface area contributed by atoms with Crippen molar-refractivity contribution in [3.8, 4) is 28.7 Å². The second-order valence-electron chi connectivity index (χ2n) is 7.85. The largest absolute Gasteiger partial charge is 0.493 e. The Kier molecular flexibility index (Phi) is 7.00. The monoisotopic (exact) mass is 444 g/mol. The van der Waals surface area contributed by atoms with E-state index in [1.807, 2.05) is 18.2 Å². The summed E-state index contributed by atoms with van der Waals surface area (Å²) in [6.45, 7) is 2.52. The number of halogens is 3. The van der Waals surface area contributed by atoms with Crippen LogP contribution in [0.15, 0.2) is 72.8 Å². The lowest BCUT2D eigenvalue weighted by molar-refractivity contribution is 0.303. The maximum Gasteiger partial charge on any atom is 0.137 e. The van der Waals surface area contributed by atoms with Crippen LogP contribution in [0.25, 0.3) is 21.9 Å². The van der Waals surface area contributed by atoms with Crippen LogP contribution in [0.2, 0.25) is 0 Å². The van der Waals surface area contributed by atoms with Crippen LogP contribution >= 0.6 is 0 Å². The van der Waals surface area contributed by atoms with Crippen LogP contribution in [-0.4, -0.2) is 6.61 Å². The van der Waals surface area contributed by atoms with Gasteiger partial charge >= 0.3 is 0 Å². The molecule has 0 saturated carbocycles. The summed E-state index contributed by atoms with van der Waals surface area (Å²) in [7, 11) is 0. The van der Waals surface area contributed by atoms with Crippen molar-refractivity contribution in [3.05, 3.63) is 101 Å². The lowest BCUT2D eigenvalue weighted by Crippen LogP contribution is -1.99. The molecule has 4 aromatic rings. The van der Waals surface area contributed by atoms with Crippen molar-refractivity contribution in [2.24, 2.45) is 0 Å². The van der Waals surface area contributed by atoms with Gasteiger partial charge in [-0.3, -0.25) is 0 Å². The zero-order valence-corrected chi connectivity index (χ0v) is 18.3. The number of rotatable bonds is 6. The summed E-state index contributed by atoms with van der Waals surface area (Å²) in [4.78, 5) is 0. The average Bonchev–Trinajstić information content (AvgIpc) is 2.81. The second-order valence-corrected chi connectivity index (χ2v) is 7.85. The summed E-state index contributed by atoms with van der Waals surface area (Å²) in [6.07, 6.45) is 2.91. The van der Waals surface area contributed by atoms with Crippen molar-refractivity contribution in [1.29, 1.82) is 0 Å². The zero-order chi connectivity index (χ0) is 23.2. The average molecular weight is 444 g/mol. The summed E-state index contributed by atoms with van der Waals surface area (Å²) >= 11 is 0. The maximum absolute atomic E-state index is 14.6. The molecule has 0 amide bonds. The third kappa shape index (κ3) is 5.56. The van der Waals surface area contributed by atoms with Crippen molar-refractivity contribution >= 4 is 10.8 Å². The molecule has 1 nitrogen and oxygen atoms in total. The van der Waals surface area contributed by atoms with Gasteiger partial charge in [0.15, 0.2) is 0 Å². The highest BCUT2D eigenvalue weighted by molar-refractivity contribution is 5.84. The molecule has 0 bridgehead atoms. The minimum atomic E-state index is -0.660. The summed E-state index contributed by atoms with van der Waals surface area (Å²) in [6, 6.07) is 19.4. The molecule has 166 valence electrons. The highest BCUT2D eigenvalue weighted by atomic mass is 19.1. The van der Waals surface area contributed by atoms with Gasteiger partial charge in [-0.1, -0.05) is 55.9 Å². The first-order valence-electron chi connectivity index (χ1n) is 11.0. The molecule has 33 heavy (non-hydrogen) atoms. The fourth-order valence-corrected chi connectivity index (χ4v) is 3.61. The van der Waals surface area contributed by atoms with Crippen LogP contribution in [0.4, 0.5) is 13.2 Å². The molecule has 0 unspecified atom stereocenters. The fourth-order valence-electron chi connectivity index (χ4n) is 3.61. The molecule has 4 rings (SSSR count). The number of unbranched alkanes of at least 4 members (excludes halogenated alkanes) is 2. The SMILES string of the molecule is CCCCCOc1cc(F)c(-c2ccc(C#Cc3ccc4cc(F)ccc4c3)cc2)c(F)c1. The molecule has 0 atom stereocenters. The van der Waals surface area contributed by atoms with Gasteiger partial charge in [-0.2, -0.15) is 0 Å². The maximum atomic E-state index is 14.6. The highest BCUT2D eigenvalue weighted by Gasteiger charge is 2.14. The van der Waals surface area contributed by atoms with Gasteiger partial charge in [-0.05, 0) is 59.2 Å². The minimum Gasteiger partial charge on any atom is -0.493 e. The first kappa shape index (κ1) is 22.5. The molecule has 4 heteroatoms. The molecular formula is C29H23F3O. The Morgan fingerprint density at radius 2 is 1.33 bits per heavy atom. The van der Waals surface area contributed by atoms with Gasteiger partial charge in [0.2, 0.25) is 0 Å². The van der Waals surface area contributed by atoms with E-state index in [0.29, 0.717) is 12.2 Å². The molecule has 0 radical (unpaired) electrons. The van der Waals surface area contributed by atoms with Crippen LogP contribution in [0, 0.1) is 29.3 Å². The molecule has 0 fully saturated rings. The van der Waals surface area contributed by atoms with Crippen LogP contribution in [-0.2, 0) is 0 Å². The predicted molar refractivity (Wildman–Crippen MR) is 127 cm³/mol. The highest BCUT2D eigenvalue weighted by Crippen LogP contribution is 2.30. The fraction of sp³-hybridized carbons (Fsp3) is 0.172. The lowest BCUT2D eigenvalue weighted by atomic mass is 10.0. The predicted octanol–water partition coefficient (Wildman–Crippen LogP) is 7.89. The molecule has 4 aromatic carbocycles. The molecule has 0 saturated heterocycles. The molecule has 0 aliphatic heterocycles. The number of benzene rings is 4. The number of ether oxygens (including phenoxy) is 1. The third-order valence-corrected chi connectivity index (χ3v) is 5.36. The van der Waals surface area contributed by atoms with Crippen LogP contribution in [0.5, 0.6) is 5.75 Å². The van der Waals surface area contributed by atoms with E-state index < -0.39 is 11.6 Å². The molecule has 0 aromatic heterocycles. The van der Waals surface area contributed by atoms with E-state index in [2.05, 4.69) is 18.8 Å². The summed E-state index contributed by atoms with van der Waals surface area (Å²) in [5.41, 5.74) is 1.86. The minimum absolute atomic E-state index is 0.0859. The Balaban J connectivity index is 1.50. The van der Waals surface area contributed by atoms with E-state index in [1.165, 1.54) is 24.3 Å². The van der Waals surface area contributed by atoms with Crippen molar-refractivity contribution in [1.82, 2.24) is 0 Å². The standard InChI is InChI=1S/C29H23F3O/c1-2-3-4-15-33-26-18-27(31)29(28(32)19-26)22-10-7-20(8-11-22)5-6-21-9-12-24-17-25(30)14-13-23(24)16-21/h7-14,16-19H,2-4,15H2,1H3. The van der Waals surface area contributed by atoms with Gasteiger partial charge in [0, 0.05) is 23.3 Å². The Hall–Kier alpha value is -3.71. The van der Waals surface area contributed by atoms with Crippen LogP contribution in [0.3, 0.4) is 0 Å². The van der Waals surface area contributed by atoms with E-state index in [1.54, 1.807) is 30.3 Å². The lowest BCUT2D eigenvalue weighted by Gasteiger charge is -2.10. The molecular weight excluding hydrogens is 421 g/mol. The van der Waals surface area contributed by atoms with E-state index in [-0.39, 0.29) is 17.1 Å². The quantitative estimate of drug-likeness (QED) is 0.217. The first-order valence-corrected chi connectivity index (χ1v) is 11.0. The van der Waals surface area contributed by atoms with Gasteiger partial charge < -0.3 is 4.74 Å². The number of hydrogen-bond acceptors (Lipinski definition) is 1. The number of fused-ring (bicyclic) bond motifs is 1. The summed E-state index contributed by atoms with van der Waals surface area (Å²) < 4.78 is 48.0. The normalized spacial score (nSPS) is 10.7.